The van der Waals surface area contributed by atoms with Crippen LogP contribution >= 0.6 is 23.3 Å². The van der Waals surface area contributed by atoms with Crippen molar-refractivity contribution in [1.29, 1.82) is 0 Å². The van der Waals surface area contributed by atoms with Gasteiger partial charge in [-0.25, -0.2) is 4.98 Å². The fraction of sp³-hybridized carbons (Fsp3) is 0.500. The molecule has 0 saturated heterocycles. The van der Waals surface area contributed by atoms with Crippen LogP contribution in [0.5, 0.6) is 0 Å². The standard InChI is InChI=1S/C6H8N2OS2/c1-5(9)2-3-10-6-7-4-8-11-6/h4H,2-3H2,1H3. The van der Waals surface area contributed by atoms with Crippen LogP contribution < -0.4 is 0 Å². The molecule has 0 aliphatic rings. The zero-order valence-corrected chi connectivity index (χ0v) is 7.74. The van der Waals surface area contributed by atoms with Gasteiger partial charge >= 0.3 is 0 Å². The van der Waals surface area contributed by atoms with Gasteiger partial charge in [-0.3, -0.25) is 4.79 Å². The van der Waals surface area contributed by atoms with Crippen LogP contribution in [0, 0.1) is 0 Å². The van der Waals surface area contributed by atoms with E-state index in [-0.39, 0.29) is 5.78 Å². The van der Waals surface area contributed by atoms with Crippen molar-refractivity contribution in [2.75, 3.05) is 5.75 Å². The molecule has 0 fully saturated rings. The van der Waals surface area contributed by atoms with E-state index in [2.05, 4.69) is 9.36 Å². The van der Waals surface area contributed by atoms with Crippen molar-refractivity contribution in [2.24, 2.45) is 0 Å². The molecular weight excluding hydrogens is 180 g/mol. The lowest BCUT2D eigenvalue weighted by Gasteiger charge is -1.91. The van der Waals surface area contributed by atoms with Crippen molar-refractivity contribution in [3.05, 3.63) is 6.33 Å². The lowest BCUT2D eigenvalue weighted by Crippen LogP contribution is -1.90. The van der Waals surface area contributed by atoms with Gasteiger partial charge in [0, 0.05) is 12.2 Å². The second-order valence-corrected chi connectivity index (χ2v) is 4.13. The van der Waals surface area contributed by atoms with Crippen LogP contribution in [-0.4, -0.2) is 20.9 Å². The first-order valence-electron chi connectivity index (χ1n) is 3.18. The van der Waals surface area contributed by atoms with Crippen molar-refractivity contribution < 1.29 is 4.79 Å². The molecule has 0 radical (unpaired) electrons. The number of Topliss-reactive ketones (excluding diaryl/α,β-unsaturated/α-hetero) is 1. The van der Waals surface area contributed by atoms with Gasteiger partial charge in [-0.05, 0) is 18.5 Å². The number of nitrogens with zero attached hydrogens (tertiary/aromatic N) is 2. The minimum Gasteiger partial charge on any atom is -0.300 e. The van der Waals surface area contributed by atoms with Crippen LogP contribution in [0.3, 0.4) is 0 Å². The molecule has 0 aliphatic carbocycles. The molecule has 5 heteroatoms. The first-order chi connectivity index (χ1) is 5.29. The van der Waals surface area contributed by atoms with Gasteiger partial charge in [0.1, 0.15) is 12.1 Å². The van der Waals surface area contributed by atoms with E-state index < -0.39 is 0 Å². The summed E-state index contributed by atoms with van der Waals surface area (Å²) in [6.07, 6.45) is 2.14. The van der Waals surface area contributed by atoms with Crippen molar-refractivity contribution in [1.82, 2.24) is 9.36 Å². The molecule has 3 nitrogen and oxygen atoms in total. The third-order valence-corrected chi connectivity index (χ3v) is 2.82. The summed E-state index contributed by atoms with van der Waals surface area (Å²) in [5.74, 6) is 1.03. The molecular formula is C6H8N2OS2. The average molecular weight is 188 g/mol. The molecule has 11 heavy (non-hydrogen) atoms. The van der Waals surface area contributed by atoms with Gasteiger partial charge in [0.05, 0.1) is 0 Å². The minimum atomic E-state index is 0.224. The summed E-state index contributed by atoms with van der Waals surface area (Å²) in [7, 11) is 0. The largest absolute Gasteiger partial charge is 0.300 e. The van der Waals surface area contributed by atoms with Crippen molar-refractivity contribution in [2.45, 2.75) is 17.7 Å². The number of carbonyl (C=O) groups excluding carboxylic acids is 1. The maximum atomic E-state index is 10.5. The third kappa shape index (κ3) is 3.48. The van der Waals surface area contributed by atoms with Gasteiger partial charge in [0.25, 0.3) is 0 Å². The maximum Gasteiger partial charge on any atom is 0.169 e. The van der Waals surface area contributed by atoms with Gasteiger partial charge in [-0.1, -0.05) is 11.8 Å². The lowest BCUT2D eigenvalue weighted by atomic mass is 10.4. The molecule has 0 bridgehead atoms. The Morgan fingerprint density at radius 3 is 3.18 bits per heavy atom. The molecule has 0 N–H and O–H groups in total. The molecule has 0 saturated carbocycles. The van der Waals surface area contributed by atoms with Gasteiger partial charge in [0.15, 0.2) is 4.34 Å². The van der Waals surface area contributed by atoms with Gasteiger partial charge in [-0.2, -0.15) is 4.37 Å². The molecule has 60 valence electrons. The number of thioether (sulfide) groups is 1. The number of carbonyl (C=O) groups is 1. The van der Waals surface area contributed by atoms with Crippen LogP contribution in [0.15, 0.2) is 10.7 Å². The zero-order valence-electron chi connectivity index (χ0n) is 6.11. The fourth-order valence-electron chi connectivity index (χ4n) is 0.509. The smallest absolute Gasteiger partial charge is 0.169 e. The Morgan fingerprint density at radius 2 is 2.64 bits per heavy atom. The van der Waals surface area contributed by atoms with E-state index in [0.717, 1.165) is 10.1 Å². The summed E-state index contributed by atoms with van der Waals surface area (Å²) in [5, 5.41) is 0. The molecule has 0 atom stereocenters. The van der Waals surface area contributed by atoms with Gasteiger partial charge in [0.2, 0.25) is 0 Å². The van der Waals surface area contributed by atoms with E-state index in [1.807, 2.05) is 0 Å². The zero-order chi connectivity index (χ0) is 8.10. The second kappa shape index (κ2) is 4.46. The topological polar surface area (TPSA) is 42.9 Å². The van der Waals surface area contributed by atoms with Crippen LogP contribution in [0.25, 0.3) is 0 Å². The predicted octanol–water partition coefficient (Wildman–Crippen LogP) is 1.61. The van der Waals surface area contributed by atoms with Crippen LogP contribution in [-0.2, 0) is 4.79 Å². The molecule has 0 aromatic carbocycles. The lowest BCUT2D eigenvalue weighted by molar-refractivity contribution is -0.116. The number of ketones is 1. The Kier molecular flexibility index (Phi) is 3.51. The predicted molar refractivity (Wildman–Crippen MR) is 45.9 cm³/mol. The number of rotatable bonds is 4. The minimum absolute atomic E-state index is 0.224. The van der Waals surface area contributed by atoms with Crippen LogP contribution in [0.1, 0.15) is 13.3 Å². The van der Waals surface area contributed by atoms with Gasteiger partial charge < -0.3 is 0 Å². The summed E-state index contributed by atoms with van der Waals surface area (Å²) in [5.41, 5.74) is 0. The number of hydrogen-bond donors (Lipinski definition) is 0. The summed E-state index contributed by atoms with van der Waals surface area (Å²) in [4.78, 5) is 14.5. The Morgan fingerprint density at radius 1 is 1.82 bits per heavy atom. The summed E-state index contributed by atoms with van der Waals surface area (Å²) >= 11 is 2.94. The van der Waals surface area contributed by atoms with Gasteiger partial charge in [-0.15, -0.1) is 0 Å². The maximum absolute atomic E-state index is 10.5. The molecule has 1 rings (SSSR count). The average Bonchev–Trinajstić information content (AvgIpc) is 2.39. The molecule has 0 spiro atoms. The highest BCUT2D eigenvalue weighted by atomic mass is 32.2. The SMILES string of the molecule is CC(=O)CCSc1ncns1. The third-order valence-electron chi connectivity index (χ3n) is 1.02. The second-order valence-electron chi connectivity index (χ2n) is 2.01. The monoisotopic (exact) mass is 188 g/mol. The van der Waals surface area contributed by atoms with E-state index in [1.54, 1.807) is 18.7 Å². The molecule has 0 amide bonds. The van der Waals surface area contributed by atoms with E-state index in [4.69, 9.17) is 0 Å². The highest BCUT2D eigenvalue weighted by Crippen LogP contribution is 2.18. The van der Waals surface area contributed by atoms with Crippen molar-refractivity contribution in [3.8, 4) is 0 Å². The molecule has 0 unspecified atom stereocenters. The van der Waals surface area contributed by atoms with Crippen LogP contribution in [0.2, 0.25) is 0 Å². The summed E-state index contributed by atoms with van der Waals surface area (Å²) in [6.45, 7) is 1.60. The first-order valence-corrected chi connectivity index (χ1v) is 4.94. The highest BCUT2D eigenvalue weighted by molar-refractivity contribution is 8.00. The highest BCUT2D eigenvalue weighted by Gasteiger charge is 1.98. The Hall–Kier alpha value is -0.420. The fourth-order valence-corrected chi connectivity index (χ4v) is 2.06. The molecule has 1 aromatic heterocycles. The van der Waals surface area contributed by atoms with E-state index in [1.165, 1.54) is 17.9 Å². The molecule has 0 aliphatic heterocycles. The number of aromatic nitrogens is 2. The quantitative estimate of drug-likeness (QED) is 0.673. The molecule has 1 heterocycles. The normalized spacial score (nSPS) is 9.91. The first kappa shape index (κ1) is 8.67. The van der Waals surface area contributed by atoms with Crippen molar-refractivity contribution >= 4 is 29.1 Å². The van der Waals surface area contributed by atoms with Crippen molar-refractivity contribution in [3.63, 3.8) is 0 Å². The summed E-state index contributed by atoms with van der Waals surface area (Å²) < 4.78 is 4.78. The number of hydrogen-bond acceptors (Lipinski definition) is 5. The van der Waals surface area contributed by atoms with E-state index >= 15 is 0 Å². The summed E-state index contributed by atoms with van der Waals surface area (Å²) in [6, 6.07) is 0. The molecule has 1 aromatic rings. The Balaban J connectivity index is 2.19. The Bertz CT molecular complexity index is 222. The Labute approximate surface area is 73.4 Å². The van der Waals surface area contributed by atoms with E-state index in [0.29, 0.717) is 6.42 Å². The van der Waals surface area contributed by atoms with Crippen LogP contribution in [0.4, 0.5) is 0 Å². The van der Waals surface area contributed by atoms with E-state index in [9.17, 15) is 4.79 Å².